The summed E-state index contributed by atoms with van der Waals surface area (Å²) in [6.07, 6.45) is 2.94. The average Bonchev–Trinajstić information content (AvgIpc) is 2.39. The van der Waals surface area contributed by atoms with Crippen LogP contribution in [0.5, 0.6) is 0 Å². The van der Waals surface area contributed by atoms with Crippen LogP contribution in [0.25, 0.3) is 22.3 Å². The van der Waals surface area contributed by atoms with Crippen molar-refractivity contribution in [2.24, 2.45) is 0 Å². The first kappa shape index (κ1) is 12.3. The molecule has 1 radical (unpaired) electrons. The minimum Gasteiger partial charge on any atom is -0.392 e. The molecule has 0 saturated carbocycles. The van der Waals surface area contributed by atoms with Gasteiger partial charge >= 0.3 is 0 Å². The number of para-hydroxylation sites is 2. The fourth-order valence-corrected chi connectivity index (χ4v) is 1.57. The van der Waals surface area contributed by atoms with E-state index in [-0.39, 0.29) is 32.7 Å². The van der Waals surface area contributed by atoms with Crippen molar-refractivity contribution in [3.63, 3.8) is 0 Å². The second-order valence-corrected chi connectivity index (χ2v) is 3.45. The summed E-state index contributed by atoms with van der Waals surface area (Å²) < 4.78 is 0. The molecule has 0 atom stereocenters. The van der Waals surface area contributed by atoms with Gasteiger partial charge in [0.2, 0.25) is 0 Å². The Morgan fingerprint density at radius 3 is 2.41 bits per heavy atom. The van der Waals surface area contributed by atoms with Gasteiger partial charge < -0.3 is 9.97 Å². The molecule has 1 heterocycles. The van der Waals surface area contributed by atoms with Gasteiger partial charge in [-0.05, 0) is 11.6 Å². The van der Waals surface area contributed by atoms with Gasteiger partial charge in [-0.1, -0.05) is 18.2 Å². The predicted octanol–water partition coefficient (Wildman–Crippen LogP) is 2.89. The maximum atomic E-state index is 4.50. The summed E-state index contributed by atoms with van der Waals surface area (Å²) in [5.41, 5.74) is 3.40. The zero-order valence-electron chi connectivity index (χ0n) is 9.09. The quantitative estimate of drug-likeness (QED) is 0.645. The Kier molecular flexibility index (Phi) is 3.98. The molecule has 0 aliphatic rings. The molecule has 3 rings (SSSR count). The molecule has 0 bridgehead atoms. The summed E-state index contributed by atoms with van der Waals surface area (Å²) in [4.78, 5) is 8.75. The number of hydrogen-bond donors (Lipinski definition) is 0. The first-order valence-corrected chi connectivity index (χ1v) is 5.05. The van der Waals surface area contributed by atoms with Crippen molar-refractivity contribution < 1.29 is 32.7 Å². The van der Waals surface area contributed by atoms with Crippen LogP contribution in [0.3, 0.4) is 0 Å². The average molecular weight is 293 g/mol. The van der Waals surface area contributed by atoms with Gasteiger partial charge in [-0.3, -0.25) is 0 Å². The van der Waals surface area contributed by atoms with Crippen molar-refractivity contribution >= 4 is 11.0 Å². The normalized spacial score (nSPS) is 9.88. The number of nitrogens with zero attached hydrogens (tertiary/aromatic N) is 2. The third kappa shape index (κ3) is 2.59. The maximum Gasteiger partial charge on any atom is 0.0206 e. The van der Waals surface area contributed by atoms with Crippen LogP contribution in [-0.2, 0) is 32.7 Å². The molecule has 0 unspecified atom stereocenters. The van der Waals surface area contributed by atoms with Gasteiger partial charge in [0.25, 0.3) is 0 Å². The number of aromatic nitrogens is 2. The Morgan fingerprint density at radius 2 is 1.65 bits per heavy atom. The number of hydrogen-bond acceptors (Lipinski definition) is 2. The minimum absolute atomic E-state index is 0. The Hall–Kier alpha value is -1.12. The van der Waals surface area contributed by atoms with E-state index in [1.54, 1.807) is 0 Å². The minimum atomic E-state index is 0. The van der Waals surface area contributed by atoms with Crippen LogP contribution in [-0.4, -0.2) is 9.97 Å². The van der Waals surface area contributed by atoms with Crippen LogP contribution < -0.4 is 0 Å². The molecule has 2 nitrogen and oxygen atoms in total. The molecular formula is C14H8N2Y-2. The van der Waals surface area contributed by atoms with Gasteiger partial charge in [0.05, 0.1) is 0 Å². The smallest absolute Gasteiger partial charge is 0.0206 e. The van der Waals surface area contributed by atoms with Crippen molar-refractivity contribution in [3.8, 4) is 11.3 Å². The molecule has 0 N–H and O–H groups in total. The van der Waals surface area contributed by atoms with Crippen molar-refractivity contribution in [2.45, 2.75) is 0 Å². The first-order chi connectivity index (χ1) is 7.93. The summed E-state index contributed by atoms with van der Waals surface area (Å²) in [5.74, 6) is 0. The number of rotatable bonds is 1. The Balaban J connectivity index is 0.00000108. The molecule has 3 heteroatoms. The zero-order chi connectivity index (χ0) is 10.8. The molecule has 0 amide bonds. The van der Waals surface area contributed by atoms with Crippen molar-refractivity contribution in [1.82, 2.24) is 9.97 Å². The molecule has 3 aromatic rings. The second kappa shape index (κ2) is 5.48. The second-order valence-electron chi connectivity index (χ2n) is 3.45. The summed E-state index contributed by atoms with van der Waals surface area (Å²) in [5, 5.41) is 0. The summed E-state index contributed by atoms with van der Waals surface area (Å²) in [6.45, 7) is 0. The summed E-state index contributed by atoms with van der Waals surface area (Å²) in [6, 6.07) is 18.6. The van der Waals surface area contributed by atoms with Gasteiger partial charge in [0.1, 0.15) is 0 Å². The van der Waals surface area contributed by atoms with Crippen molar-refractivity contribution in [1.29, 1.82) is 0 Å². The van der Waals surface area contributed by atoms with E-state index < -0.39 is 0 Å². The summed E-state index contributed by atoms with van der Waals surface area (Å²) >= 11 is 0. The van der Waals surface area contributed by atoms with E-state index in [4.69, 9.17) is 0 Å². The third-order valence-corrected chi connectivity index (χ3v) is 2.36. The van der Waals surface area contributed by atoms with E-state index in [2.05, 4.69) is 22.2 Å². The van der Waals surface area contributed by atoms with Gasteiger partial charge in [-0.25, -0.2) is 11.6 Å². The van der Waals surface area contributed by atoms with E-state index in [0.717, 1.165) is 22.3 Å². The monoisotopic (exact) mass is 293 g/mol. The SMILES string of the molecule is [Y].[c-]1ccccc1-c1[c-]nc2ccccc2n1. The molecule has 0 spiro atoms. The van der Waals surface area contributed by atoms with Gasteiger partial charge in [0, 0.05) is 38.2 Å². The number of fused-ring (bicyclic) bond motifs is 1. The van der Waals surface area contributed by atoms with E-state index in [0.29, 0.717) is 0 Å². The summed E-state index contributed by atoms with van der Waals surface area (Å²) in [7, 11) is 0. The molecule has 0 saturated heterocycles. The van der Waals surface area contributed by atoms with Crippen LogP contribution in [0.15, 0.2) is 48.5 Å². The first-order valence-electron chi connectivity index (χ1n) is 5.05. The molecule has 0 aliphatic carbocycles. The fraction of sp³-hybridized carbons (Fsp3) is 0. The predicted molar refractivity (Wildman–Crippen MR) is 62.6 cm³/mol. The molecule has 17 heavy (non-hydrogen) atoms. The van der Waals surface area contributed by atoms with E-state index in [9.17, 15) is 0 Å². The molecule has 2 aromatic carbocycles. The molecule has 0 aliphatic heterocycles. The molecule has 79 valence electrons. The zero-order valence-corrected chi connectivity index (χ0v) is 11.9. The molecule has 0 fully saturated rings. The Bertz CT molecular complexity index is 623. The van der Waals surface area contributed by atoms with Crippen LogP contribution >= 0.6 is 0 Å². The van der Waals surface area contributed by atoms with Crippen LogP contribution in [0, 0.1) is 12.3 Å². The van der Waals surface area contributed by atoms with Crippen LogP contribution in [0.2, 0.25) is 0 Å². The van der Waals surface area contributed by atoms with Gasteiger partial charge in [-0.15, -0.1) is 18.0 Å². The van der Waals surface area contributed by atoms with E-state index in [1.807, 2.05) is 48.5 Å². The third-order valence-electron chi connectivity index (χ3n) is 2.36. The maximum absolute atomic E-state index is 4.50. The van der Waals surface area contributed by atoms with Crippen LogP contribution in [0.4, 0.5) is 0 Å². The van der Waals surface area contributed by atoms with Crippen LogP contribution in [0.1, 0.15) is 0 Å². The Labute approximate surface area is 125 Å². The topological polar surface area (TPSA) is 25.8 Å². The van der Waals surface area contributed by atoms with Crippen molar-refractivity contribution in [3.05, 3.63) is 60.8 Å². The van der Waals surface area contributed by atoms with Crippen molar-refractivity contribution in [2.75, 3.05) is 0 Å². The van der Waals surface area contributed by atoms with E-state index in [1.165, 1.54) is 0 Å². The molecule has 1 aromatic heterocycles. The number of benzene rings is 2. The van der Waals surface area contributed by atoms with Gasteiger partial charge in [0.15, 0.2) is 0 Å². The fourth-order valence-electron chi connectivity index (χ4n) is 1.57. The van der Waals surface area contributed by atoms with E-state index >= 15 is 0 Å². The van der Waals surface area contributed by atoms with Gasteiger partial charge in [-0.2, -0.15) is 18.2 Å². The Morgan fingerprint density at radius 1 is 0.882 bits per heavy atom. The molecular weight excluding hydrogens is 285 g/mol. The largest absolute Gasteiger partial charge is 0.392 e. The standard InChI is InChI=1S/C14H8N2.Y/c1-2-6-11(7-3-1)14-10-15-12-8-4-5-9-13(12)16-14;/h1-6,8-9H;/q-2;.